The maximum atomic E-state index is 10.4. The molecule has 0 aliphatic carbocycles. The molecule has 0 amide bonds. The Kier molecular flexibility index (Phi) is 5.05. The molecule has 1 aromatic heterocycles. The lowest BCUT2D eigenvalue weighted by atomic mass is 10.2. The van der Waals surface area contributed by atoms with Crippen LogP contribution >= 0.6 is 0 Å². The number of hydrogen-bond donors (Lipinski definition) is 0. The molecular formula is C9H14N3O. The van der Waals surface area contributed by atoms with Crippen LogP contribution in [0.5, 0.6) is 0 Å². The van der Waals surface area contributed by atoms with Gasteiger partial charge in [0, 0.05) is 25.5 Å². The average Bonchev–Trinajstić information content (AvgIpc) is 2.22. The van der Waals surface area contributed by atoms with Crippen molar-refractivity contribution in [2.24, 2.45) is 0 Å². The maximum absolute atomic E-state index is 10.4. The molecule has 1 fully saturated rings. The van der Waals surface area contributed by atoms with Crippen molar-refractivity contribution in [2.75, 3.05) is 13.1 Å². The SMILES string of the molecule is [O]N1CCCCC1.c1cncnc1. The third kappa shape index (κ3) is 5.27. The van der Waals surface area contributed by atoms with Crippen LogP contribution in [0.3, 0.4) is 0 Å². The largest absolute Gasteiger partial charge is 0.245 e. The lowest BCUT2D eigenvalue weighted by Crippen LogP contribution is -2.24. The summed E-state index contributed by atoms with van der Waals surface area (Å²) < 4.78 is 0. The molecule has 0 saturated carbocycles. The van der Waals surface area contributed by atoms with Crippen molar-refractivity contribution in [2.45, 2.75) is 19.3 Å². The summed E-state index contributed by atoms with van der Waals surface area (Å²) in [5, 5.41) is 11.5. The number of hydrogen-bond acceptors (Lipinski definition) is 3. The molecule has 71 valence electrons. The molecule has 1 radical (unpaired) electrons. The van der Waals surface area contributed by atoms with Crippen LogP contribution in [0.25, 0.3) is 0 Å². The number of hydroxylamine groups is 2. The van der Waals surface area contributed by atoms with Gasteiger partial charge in [-0.15, -0.1) is 5.21 Å². The summed E-state index contributed by atoms with van der Waals surface area (Å²) in [4.78, 5) is 7.35. The second-order valence-electron chi connectivity index (χ2n) is 2.89. The summed E-state index contributed by atoms with van der Waals surface area (Å²) in [6, 6.07) is 1.78. The Bertz CT molecular complexity index is 173. The molecule has 0 spiro atoms. The van der Waals surface area contributed by atoms with E-state index in [1.165, 1.54) is 12.7 Å². The highest BCUT2D eigenvalue weighted by atomic mass is 16.5. The van der Waals surface area contributed by atoms with Crippen molar-refractivity contribution in [1.82, 2.24) is 15.0 Å². The Labute approximate surface area is 78.2 Å². The molecule has 0 aromatic carbocycles. The lowest BCUT2D eigenvalue weighted by Gasteiger charge is -2.15. The molecule has 2 heterocycles. The third-order valence-electron chi connectivity index (χ3n) is 1.79. The molecule has 0 N–H and O–H groups in total. The van der Waals surface area contributed by atoms with Crippen molar-refractivity contribution in [1.29, 1.82) is 0 Å². The Balaban J connectivity index is 0.000000132. The number of aromatic nitrogens is 2. The van der Waals surface area contributed by atoms with Gasteiger partial charge in [0.15, 0.2) is 0 Å². The molecule has 1 aromatic rings. The molecule has 13 heavy (non-hydrogen) atoms. The van der Waals surface area contributed by atoms with E-state index in [1.54, 1.807) is 18.5 Å². The van der Waals surface area contributed by atoms with Gasteiger partial charge in [0.2, 0.25) is 0 Å². The van der Waals surface area contributed by atoms with Crippen LogP contribution in [0.1, 0.15) is 19.3 Å². The molecule has 0 bridgehead atoms. The average molecular weight is 180 g/mol. The van der Waals surface area contributed by atoms with E-state index >= 15 is 0 Å². The minimum atomic E-state index is 0.764. The third-order valence-corrected chi connectivity index (χ3v) is 1.79. The predicted molar refractivity (Wildman–Crippen MR) is 48.1 cm³/mol. The van der Waals surface area contributed by atoms with Gasteiger partial charge >= 0.3 is 0 Å². The van der Waals surface area contributed by atoms with Gasteiger partial charge in [-0.3, -0.25) is 0 Å². The zero-order valence-corrected chi connectivity index (χ0v) is 7.59. The lowest BCUT2D eigenvalue weighted by molar-refractivity contribution is -0.166. The highest BCUT2D eigenvalue weighted by Crippen LogP contribution is 2.04. The molecular weight excluding hydrogens is 166 g/mol. The molecule has 2 rings (SSSR count). The number of nitrogens with zero attached hydrogens (tertiary/aromatic N) is 3. The van der Waals surface area contributed by atoms with Crippen LogP contribution in [0.15, 0.2) is 24.8 Å². The van der Waals surface area contributed by atoms with Crippen molar-refractivity contribution in [3.63, 3.8) is 0 Å². The van der Waals surface area contributed by atoms with E-state index in [-0.39, 0.29) is 0 Å². The van der Waals surface area contributed by atoms with E-state index in [1.807, 2.05) is 0 Å². The predicted octanol–water partition coefficient (Wildman–Crippen LogP) is 1.29. The quantitative estimate of drug-likeness (QED) is 0.604. The zero-order chi connectivity index (χ0) is 9.36. The van der Waals surface area contributed by atoms with Crippen LogP contribution in [0.4, 0.5) is 0 Å². The summed E-state index contributed by atoms with van der Waals surface area (Å²) in [5.41, 5.74) is 0. The van der Waals surface area contributed by atoms with E-state index in [4.69, 9.17) is 0 Å². The zero-order valence-electron chi connectivity index (χ0n) is 7.59. The molecule has 4 nitrogen and oxygen atoms in total. The van der Waals surface area contributed by atoms with Crippen molar-refractivity contribution in [3.05, 3.63) is 24.8 Å². The monoisotopic (exact) mass is 180 g/mol. The number of rotatable bonds is 0. The molecule has 1 aliphatic rings. The fourth-order valence-corrected chi connectivity index (χ4v) is 1.12. The second kappa shape index (κ2) is 6.51. The first-order valence-electron chi connectivity index (χ1n) is 4.51. The normalized spacial score (nSPS) is 17.3. The molecule has 0 atom stereocenters. The Morgan fingerprint density at radius 2 is 1.62 bits per heavy atom. The highest BCUT2D eigenvalue weighted by Gasteiger charge is 2.06. The summed E-state index contributed by atoms with van der Waals surface area (Å²) >= 11 is 0. The van der Waals surface area contributed by atoms with Crippen molar-refractivity contribution < 1.29 is 5.21 Å². The summed E-state index contributed by atoms with van der Waals surface area (Å²) in [5.74, 6) is 0. The molecule has 0 unspecified atom stereocenters. The summed E-state index contributed by atoms with van der Waals surface area (Å²) in [6.07, 6.45) is 8.33. The smallest absolute Gasteiger partial charge is 0.115 e. The van der Waals surface area contributed by atoms with E-state index < -0.39 is 0 Å². The van der Waals surface area contributed by atoms with Gasteiger partial charge in [-0.05, 0) is 18.9 Å². The van der Waals surface area contributed by atoms with Crippen LogP contribution in [0, 0.1) is 0 Å². The van der Waals surface area contributed by atoms with Crippen molar-refractivity contribution >= 4 is 0 Å². The van der Waals surface area contributed by atoms with Gasteiger partial charge in [0.1, 0.15) is 6.33 Å². The van der Waals surface area contributed by atoms with Crippen molar-refractivity contribution in [3.8, 4) is 0 Å². The van der Waals surface area contributed by atoms with Gasteiger partial charge < -0.3 is 0 Å². The second-order valence-corrected chi connectivity index (χ2v) is 2.89. The fourth-order valence-electron chi connectivity index (χ4n) is 1.12. The molecule has 1 aliphatic heterocycles. The Hall–Kier alpha value is -1.00. The van der Waals surface area contributed by atoms with Gasteiger partial charge in [-0.1, -0.05) is 6.42 Å². The number of piperidine rings is 1. The fraction of sp³-hybridized carbons (Fsp3) is 0.556. The highest BCUT2D eigenvalue weighted by molar-refractivity contribution is 4.74. The minimum Gasteiger partial charge on any atom is -0.245 e. The Morgan fingerprint density at radius 3 is 1.85 bits per heavy atom. The van der Waals surface area contributed by atoms with Gasteiger partial charge in [-0.25, -0.2) is 9.97 Å². The van der Waals surface area contributed by atoms with Gasteiger partial charge in [0.25, 0.3) is 0 Å². The van der Waals surface area contributed by atoms with Crippen LogP contribution in [-0.2, 0) is 5.21 Å². The first-order valence-corrected chi connectivity index (χ1v) is 4.51. The Morgan fingerprint density at radius 1 is 1.00 bits per heavy atom. The van der Waals surface area contributed by atoms with Crippen LogP contribution in [-0.4, -0.2) is 28.1 Å². The van der Waals surface area contributed by atoms with Crippen LogP contribution in [0.2, 0.25) is 0 Å². The summed E-state index contributed by atoms with van der Waals surface area (Å²) in [6.45, 7) is 1.53. The van der Waals surface area contributed by atoms with E-state index in [0.29, 0.717) is 0 Å². The standard InChI is InChI=1S/C5H10NO.C4H4N2/c7-6-4-2-1-3-5-6;1-2-5-4-6-3-1/h1-5H2;1-4H. The minimum absolute atomic E-state index is 0.764. The molecule has 1 saturated heterocycles. The van der Waals surface area contributed by atoms with E-state index in [9.17, 15) is 5.21 Å². The van der Waals surface area contributed by atoms with E-state index in [0.717, 1.165) is 31.0 Å². The topological polar surface area (TPSA) is 48.9 Å². The van der Waals surface area contributed by atoms with Gasteiger partial charge in [0.05, 0.1) is 0 Å². The maximum Gasteiger partial charge on any atom is 0.115 e. The van der Waals surface area contributed by atoms with Crippen LogP contribution < -0.4 is 0 Å². The first-order chi connectivity index (χ1) is 6.39. The van der Waals surface area contributed by atoms with E-state index in [2.05, 4.69) is 9.97 Å². The summed E-state index contributed by atoms with van der Waals surface area (Å²) in [7, 11) is 0. The van der Waals surface area contributed by atoms with Gasteiger partial charge in [-0.2, -0.15) is 5.06 Å². The first kappa shape index (κ1) is 10.1. The molecule has 4 heteroatoms.